The predicted octanol–water partition coefficient (Wildman–Crippen LogP) is 4.98. The number of aryl methyl sites for hydroxylation is 2. The number of rotatable bonds is 6. The molecule has 1 aromatic carbocycles. The lowest BCUT2D eigenvalue weighted by atomic mass is 9.94. The number of methoxy groups -OCH3 is 1. The van der Waals surface area contributed by atoms with E-state index in [0.717, 1.165) is 5.56 Å². The largest absolute Gasteiger partial charge is 0.481 e. The zero-order valence-corrected chi connectivity index (χ0v) is 19.2. The van der Waals surface area contributed by atoms with E-state index < -0.39 is 23.8 Å². The number of hydrogen-bond donors (Lipinski definition) is 1. The Morgan fingerprint density at radius 3 is 2.85 bits per heavy atom. The standard InChI is InChI=1S/C24H23ClFN3O4/c1-12(24(30)31)8-15-5-4-14-6-7-19(33-23(14)21(15)26)22-13(2)29-18(11-28-22)16-9-20(32-3)27-10-17(16)25/h4-5,9-12,19H,6-8H2,1-3H3,(H,30,31). The minimum atomic E-state index is -0.969. The number of fused-ring (bicyclic) bond motifs is 1. The summed E-state index contributed by atoms with van der Waals surface area (Å²) in [6, 6.07) is 5.14. The van der Waals surface area contributed by atoms with Crippen LogP contribution >= 0.6 is 11.6 Å². The van der Waals surface area contributed by atoms with Gasteiger partial charge in [-0.05, 0) is 37.3 Å². The van der Waals surface area contributed by atoms with Crippen LogP contribution in [0.5, 0.6) is 11.6 Å². The van der Waals surface area contributed by atoms with Crippen molar-refractivity contribution < 1.29 is 23.8 Å². The zero-order chi connectivity index (χ0) is 23.7. The van der Waals surface area contributed by atoms with E-state index in [-0.39, 0.29) is 12.2 Å². The topological polar surface area (TPSA) is 94.4 Å². The molecule has 0 saturated carbocycles. The SMILES string of the molecule is COc1cc(-c2cnc(C3CCc4ccc(CC(C)C(=O)O)c(F)c4O3)c(C)n2)c(Cl)cn1. The van der Waals surface area contributed by atoms with E-state index in [2.05, 4.69) is 15.0 Å². The Kier molecular flexibility index (Phi) is 6.47. The quantitative estimate of drug-likeness (QED) is 0.541. The first-order chi connectivity index (χ1) is 15.8. The number of halogens is 2. The number of benzene rings is 1. The van der Waals surface area contributed by atoms with Crippen molar-refractivity contribution in [2.45, 2.75) is 39.2 Å². The second-order valence-electron chi connectivity index (χ2n) is 8.05. The van der Waals surface area contributed by atoms with Crippen molar-refractivity contribution in [2.24, 2.45) is 5.92 Å². The fourth-order valence-corrected chi connectivity index (χ4v) is 4.08. The Balaban J connectivity index is 1.62. The van der Waals surface area contributed by atoms with Crippen LogP contribution in [0.2, 0.25) is 5.02 Å². The molecule has 2 unspecified atom stereocenters. The molecule has 0 spiro atoms. The van der Waals surface area contributed by atoms with Crippen LogP contribution in [0.3, 0.4) is 0 Å². The summed E-state index contributed by atoms with van der Waals surface area (Å²) in [5.41, 5.74) is 3.55. The summed E-state index contributed by atoms with van der Waals surface area (Å²) in [5, 5.41) is 9.58. The highest BCUT2D eigenvalue weighted by Gasteiger charge is 2.29. The molecule has 3 aromatic rings. The van der Waals surface area contributed by atoms with Gasteiger partial charge in [-0.15, -0.1) is 0 Å². The van der Waals surface area contributed by atoms with Crippen LogP contribution in [0.25, 0.3) is 11.3 Å². The van der Waals surface area contributed by atoms with Gasteiger partial charge in [-0.25, -0.2) is 14.4 Å². The van der Waals surface area contributed by atoms with Crippen LogP contribution in [0.15, 0.2) is 30.6 Å². The molecule has 1 aliphatic rings. The molecule has 172 valence electrons. The van der Waals surface area contributed by atoms with Crippen molar-refractivity contribution in [1.82, 2.24) is 15.0 Å². The van der Waals surface area contributed by atoms with E-state index in [1.165, 1.54) is 13.3 Å². The number of carboxylic acid groups (broad SMARTS) is 1. The average Bonchev–Trinajstić information content (AvgIpc) is 2.81. The van der Waals surface area contributed by atoms with Gasteiger partial charge in [0.15, 0.2) is 11.6 Å². The molecule has 0 fully saturated rings. The first-order valence-corrected chi connectivity index (χ1v) is 10.9. The minimum absolute atomic E-state index is 0.0894. The number of carboxylic acids is 1. The van der Waals surface area contributed by atoms with Crippen molar-refractivity contribution >= 4 is 17.6 Å². The van der Waals surface area contributed by atoms with Crippen molar-refractivity contribution in [3.8, 4) is 22.9 Å². The van der Waals surface area contributed by atoms with Crippen molar-refractivity contribution in [3.05, 3.63) is 63.9 Å². The van der Waals surface area contributed by atoms with Gasteiger partial charge in [-0.2, -0.15) is 0 Å². The molecule has 0 amide bonds. The molecule has 9 heteroatoms. The average molecular weight is 472 g/mol. The molecule has 1 N–H and O–H groups in total. The molecular weight excluding hydrogens is 449 g/mol. The van der Waals surface area contributed by atoms with Gasteiger partial charge in [0.1, 0.15) is 11.8 Å². The smallest absolute Gasteiger partial charge is 0.306 e. The summed E-state index contributed by atoms with van der Waals surface area (Å²) in [6.45, 7) is 3.37. The number of ether oxygens (including phenoxy) is 2. The third-order valence-corrected chi connectivity index (χ3v) is 6.05. The number of nitrogens with zero attached hydrogens (tertiary/aromatic N) is 3. The molecule has 33 heavy (non-hydrogen) atoms. The molecule has 2 aromatic heterocycles. The Morgan fingerprint density at radius 2 is 2.15 bits per heavy atom. The van der Waals surface area contributed by atoms with Crippen molar-refractivity contribution in [3.63, 3.8) is 0 Å². The van der Waals surface area contributed by atoms with Crippen LogP contribution in [-0.2, 0) is 17.6 Å². The molecule has 4 rings (SSSR count). The van der Waals surface area contributed by atoms with Crippen LogP contribution in [0.1, 0.15) is 42.0 Å². The minimum Gasteiger partial charge on any atom is -0.481 e. The van der Waals surface area contributed by atoms with Gasteiger partial charge in [-0.1, -0.05) is 30.7 Å². The lowest BCUT2D eigenvalue weighted by Crippen LogP contribution is -2.20. The van der Waals surface area contributed by atoms with Gasteiger partial charge in [-0.3, -0.25) is 9.78 Å². The van der Waals surface area contributed by atoms with E-state index in [9.17, 15) is 4.79 Å². The van der Waals surface area contributed by atoms with Gasteiger partial charge < -0.3 is 14.6 Å². The van der Waals surface area contributed by atoms with Gasteiger partial charge in [0.05, 0.1) is 41.8 Å². The maximum Gasteiger partial charge on any atom is 0.306 e. The zero-order valence-electron chi connectivity index (χ0n) is 18.4. The summed E-state index contributed by atoms with van der Waals surface area (Å²) < 4.78 is 26.4. The lowest BCUT2D eigenvalue weighted by molar-refractivity contribution is -0.141. The van der Waals surface area contributed by atoms with Crippen LogP contribution in [0, 0.1) is 18.7 Å². The molecular formula is C24H23ClFN3O4. The number of aliphatic carboxylic acids is 1. The van der Waals surface area contributed by atoms with E-state index in [4.69, 9.17) is 26.2 Å². The predicted molar refractivity (Wildman–Crippen MR) is 120 cm³/mol. The fraction of sp³-hybridized carbons (Fsp3) is 0.333. The summed E-state index contributed by atoms with van der Waals surface area (Å²) in [6.07, 6.45) is 3.95. The highest BCUT2D eigenvalue weighted by Crippen LogP contribution is 2.39. The Labute approximate surface area is 195 Å². The molecule has 0 saturated heterocycles. The number of pyridine rings is 1. The fourth-order valence-electron chi connectivity index (χ4n) is 3.88. The van der Waals surface area contributed by atoms with Crippen molar-refractivity contribution in [1.29, 1.82) is 0 Å². The highest BCUT2D eigenvalue weighted by atomic mass is 35.5. The Morgan fingerprint density at radius 1 is 1.36 bits per heavy atom. The van der Waals surface area contributed by atoms with Crippen molar-refractivity contribution in [2.75, 3.05) is 7.11 Å². The second kappa shape index (κ2) is 9.31. The van der Waals surface area contributed by atoms with Crippen LogP contribution < -0.4 is 9.47 Å². The molecule has 1 aliphatic heterocycles. The number of hydrogen-bond acceptors (Lipinski definition) is 6. The Hall–Kier alpha value is -3.26. The molecule has 0 radical (unpaired) electrons. The molecule has 0 aliphatic carbocycles. The molecule has 7 nitrogen and oxygen atoms in total. The number of aromatic nitrogens is 3. The maximum atomic E-state index is 15.2. The van der Waals surface area contributed by atoms with E-state index in [1.54, 1.807) is 31.3 Å². The highest BCUT2D eigenvalue weighted by molar-refractivity contribution is 6.33. The van der Waals surface area contributed by atoms with E-state index in [0.29, 0.717) is 52.0 Å². The first-order valence-electron chi connectivity index (χ1n) is 10.5. The Bertz CT molecular complexity index is 1220. The van der Waals surface area contributed by atoms with Crippen LogP contribution in [0.4, 0.5) is 4.39 Å². The summed E-state index contributed by atoms with van der Waals surface area (Å²) in [5.74, 6) is -1.61. The van der Waals surface area contributed by atoms with Gasteiger partial charge in [0.2, 0.25) is 5.88 Å². The maximum absolute atomic E-state index is 15.2. The first kappa shape index (κ1) is 22.9. The summed E-state index contributed by atoms with van der Waals surface area (Å²) in [7, 11) is 1.52. The van der Waals surface area contributed by atoms with E-state index in [1.807, 2.05) is 6.92 Å². The lowest BCUT2D eigenvalue weighted by Gasteiger charge is -2.27. The molecule has 2 atom stereocenters. The third-order valence-electron chi connectivity index (χ3n) is 5.75. The van der Waals surface area contributed by atoms with Gasteiger partial charge in [0, 0.05) is 11.6 Å². The molecule has 3 heterocycles. The number of carbonyl (C=O) groups is 1. The monoisotopic (exact) mass is 471 g/mol. The second-order valence-corrected chi connectivity index (χ2v) is 8.46. The van der Waals surface area contributed by atoms with Gasteiger partial charge in [0.25, 0.3) is 0 Å². The third kappa shape index (κ3) is 4.61. The van der Waals surface area contributed by atoms with Crippen LogP contribution in [-0.4, -0.2) is 33.1 Å². The summed E-state index contributed by atoms with van der Waals surface area (Å²) >= 11 is 6.28. The van der Waals surface area contributed by atoms with Gasteiger partial charge >= 0.3 is 5.97 Å². The normalized spacial score (nSPS) is 16.0. The summed E-state index contributed by atoms with van der Waals surface area (Å²) in [4.78, 5) is 24.5. The van der Waals surface area contributed by atoms with E-state index >= 15 is 4.39 Å². The molecule has 0 bridgehead atoms.